The highest BCUT2D eigenvalue weighted by atomic mass is 14.0. The van der Waals surface area contributed by atoms with Crippen LogP contribution in [-0.2, 0) is 0 Å². The molecule has 0 nitrogen and oxygen atoms in total. The molecule has 0 rings (SSSR count). The maximum atomic E-state index is 2.36. The molecule has 0 aliphatic rings. The zero-order valence-corrected chi connectivity index (χ0v) is 7.78. The average molecular weight is 140 g/mol. The van der Waals surface area contributed by atoms with Gasteiger partial charge in [-0.05, 0) is 25.7 Å². The SMILES string of the molecule is CCCCC(C)=CC(C)C. The Labute approximate surface area is 65.3 Å². The number of allylic oxidation sites excluding steroid dienone is 2. The highest BCUT2D eigenvalue weighted by molar-refractivity contribution is 4.98. The first kappa shape index (κ1) is 9.74. The molecule has 0 aromatic carbocycles. The lowest BCUT2D eigenvalue weighted by molar-refractivity contribution is 0.759. The third-order valence-corrected chi connectivity index (χ3v) is 1.54. The lowest BCUT2D eigenvalue weighted by Crippen LogP contribution is -1.83. The quantitative estimate of drug-likeness (QED) is 0.521. The van der Waals surface area contributed by atoms with Crippen molar-refractivity contribution in [1.29, 1.82) is 0 Å². The van der Waals surface area contributed by atoms with Gasteiger partial charge < -0.3 is 0 Å². The van der Waals surface area contributed by atoms with E-state index in [1.54, 1.807) is 5.57 Å². The van der Waals surface area contributed by atoms with Crippen molar-refractivity contribution in [3.8, 4) is 0 Å². The first-order valence-corrected chi connectivity index (χ1v) is 4.34. The van der Waals surface area contributed by atoms with Gasteiger partial charge in [0.15, 0.2) is 0 Å². The maximum absolute atomic E-state index is 2.36. The van der Waals surface area contributed by atoms with Gasteiger partial charge in [-0.15, -0.1) is 0 Å². The molecule has 0 unspecified atom stereocenters. The van der Waals surface area contributed by atoms with Crippen LogP contribution in [0, 0.1) is 5.92 Å². The molecule has 0 bridgehead atoms. The molecule has 0 radical (unpaired) electrons. The molecule has 60 valence electrons. The molecule has 0 fully saturated rings. The molecule has 0 saturated heterocycles. The second-order valence-electron chi connectivity index (χ2n) is 3.36. The summed E-state index contributed by atoms with van der Waals surface area (Å²) in [5.74, 6) is 0.719. The van der Waals surface area contributed by atoms with E-state index in [1.165, 1.54) is 19.3 Å². The Morgan fingerprint density at radius 2 is 2.00 bits per heavy atom. The van der Waals surface area contributed by atoms with E-state index in [-0.39, 0.29) is 0 Å². The second-order valence-corrected chi connectivity index (χ2v) is 3.36. The minimum absolute atomic E-state index is 0.719. The first-order chi connectivity index (χ1) is 4.66. The Morgan fingerprint density at radius 3 is 2.40 bits per heavy atom. The fourth-order valence-corrected chi connectivity index (χ4v) is 1.11. The summed E-state index contributed by atoms with van der Waals surface area (Å²) in [6.45, 7) is 8.93. The van der Waals surface area contributed by atoms with Crippen LogP contribution in [0.3, 0.4) is 0 Å². The predicted octanol–water partition coefficient (Wildman–Crippen LogP) is 3.78. The highest BCUT2D eigenvalue weighted by Gasteiger charge is 1.90. The molecule has 0 spiro atoms. The standard InChI is InChI=1S/C10H20/c1-5-6-7-10(4)8-9(2)3/h8-9H,5-7H2,1-4H3. The summed E-state index contributed by atoms with van der Waals surface area (Å²) in [6.07, 6.45) is 6.29. The second kappa shape index (κ2) is 5.52. The van der Waals surface area contributed by atoms with E-state index in [2.05, 4.69) is 33.8 Å². The van der Waals surface area contributed by atoms with Gasteiger partial charge in [0.25, 0.3) is 0 Å². The van der Waals surface area contributed by atoms with Crippen molar-refractivity contribution in [3.05, 3.63) is 11.6 Å². The van der Waals surface area contributed by atoms with Crippen molar-refractivity contribution < 1.29 is 0 Å². The van der Waals surface area contributed by atoms with Crippen LogP contribution in [0.5, 0.6) is 0 Å². The molecule has 0 saturated carbocycles. The minimum Gasteiger partial charge on any atom is -0.0830 e. The lowest BCUT2D eigenvalue weighted by atomic mass is 10.1. The number of hydrogen-bond acceptors (Lipinski definition) is 0. The van der Waals surface area contributed by atoms with Crippen LogP contribution in [0.2, 0.25) is 0 Å². The monoisotopic (exact) mass is 140 g/mol. The molecule has 10 heavy (non-hydrogen) atoms. The van der Waals surface area contributed by atoms with Crippen molar-refractivity contribution in [1.82, 2.24) is 0 Å². The fraction of sp³-hybridized carbons (Fsp3) is 0.800. The van der Waals surface area contributed by atoms with E-state index < -0.39 is 0 Å². The van der Waals surface area contributed by atoms with Crippen LogP contribution >= 0.6 is 0 Å². The van der Waals surface area contributed by atoms with Gasteiger partial charge in [-0.2, -0.15) is 0 Å². The summed E-state index contributed by atoms with van der Waals surface area (Å²) in [6, 6.07) is 0. The smallest absolute Gasteiger partial charge is 0.0288 e. The Hall–Kier alpha value is -0.260. The van der Waals surface area contributed by atoms with Gasteiger partial charge in [0.2, 0.25) is 0 Å². The third kappa shape index (κ3) is 5.87. The molecular formula is C10H20. The van der Waals surface area contributed by atoms with E-state index in [1.807, 2.05) is 0 Å². The summed E-state index contributed by atoms with van der Waals surface area (Å²) >= 11 is 0. The van der Waals surface area contributed by atoms with Crippen molar-refractivity contribution in [3.63, 3.8) is 0 Å². The summed E-state index contributed by atoms with van der Waals surface area (Å²) in [5, 5.41) is 0. The maximum Gasteiger partial charge on any atom is -0.0288 e. The molecule has 0 aliphatic heterocycles. The van der Waals surface area contributed by atoms with Crippen molar-refractivity contribution in [2.24, 2.45) is 5.92 Å². The molecule has 0 amide bonds. The van der Waals surface area contributed by atoms with Gasteiger partial charge in [-0.25, -0.2) is 0 Å². The number of unbranched alkanes of at least 4 members (excludes halogenated alkanes) is 1. The summed E-state index contributed by atoms with van der Waals surface area (Å²) in [5.41, 5.74) is 1.55. The van der Waals surface area contributed by atoms with Crippen LogP contribution in [-0.4, -0.2) is 0 Å². The van der Waals surface area contributed by atoms with Crippen molar-refractivity contribution >= 4 is 0 Å². The van der Waals surface area contributed by atoms with Crippen LogP contribution in [0.15, 0.2) is 11.6 Å². The van der Waals surface area contributed by atoms with Crippen LogP contribution in [0.1, 0.15) is 47.0 Å². The van der Waals surface area contributed by atoms with Crippen LogP contribution in [0.25, 0.3) is 0 Å². The lowest BCUT2D eigenvalue weighted by Gasteiger charge is -2.01. The molecule has 0 aliphatic carbocycles. The normalized spacial score (nSPS) is 12.7. The molecule has 0 heterocycles. The van der Waals surface area contributed by atoms with Gasteiger partial charge in [-0.1, -0.05) is 38.8 Å². The minimum atomic E-state index is 0.719. The predicted molar refractivity (Wildman–Crippen MR) is 48.1 cm³/mol. The zero-order valence-electron chi connectivity index (χ0n) is 7.78. The van der Waals surface area contributed by atoms with E-state index >= 15 is 0 Å². The average Bonchev–Trinajstić information content (AvgIpc) is 1.82. The van der Waals surface area contributed by atoms with Gasteiger partial charge >= 0.3 is 0 Å². The van der Waals surface area contributed by atoms with E-state index in [4.69, 9.17) is 0 Å². The van der Waals surface area contributed by atoms with Gasteiger partial charge in [0, 0.05) is 0 Å². The summed E-state index contributed by atoms with van der Waals surface area (Å²) in [4.78, 5) is 0. The Kier molecular flexibility index (Phi) is 5.38. The van der Waals surface area contributed by atoms with E-state index in [9.17, 15) is 0 Å². The van der Waals surface area contributed by atoms with Crippen LogP contribution < -0.4 is 0 Å². The number of rotatable bonds is 4. The molecule has 0 aromatic rings. The molecule has 0 atom stereocenters. The Balaban J connectivity index is 3.49. The highest BCUT2D eigenvalue weighted by Crippen LogP contribution is 2.09. The summed E-state index contributed by atoms with van der Waals surface area (Å²) in [7, 11) is 0. The Bertz CT molecular complexity index is 98.6. The molecule has 0 heteroatoms. The molecular weight excluding hydrogens is 120 g/mol. The largest absolute Gasteiger partial charge is 0.0830 e. The fourth-order valence-electron chi connectivity index (χ4n) is 1.11. The van der Waals surface area contributed by atoms with Crippen molar-refractivity contribution in [2.45, 2.75) is 47.0 Å². The van der Waals surface area contributed by atoms with Gasteiger partial charge in [0.1, 0.15) is 0 Å². The van der Waals surface area contributed by atoms with Gasteiger partial charge in [-0.3, -0.25) is 0 Å². The summed E-state index contributed by atoms with van der Waals surface area (Å²) < 4.78 is 0. The molecule has 0 aromatic heterocycles. The van der Waals surface area contributed by atoms with E-state index in [0.717, 1.165) is 5.92 Å². The topological polar surface area (TPSA) is 0 Å². The van der Waals surface area contributed by atoms with E-state index in [0.29, 0.717) is 0 Å². The first-order valence-electron chi connectivity index (χ1n) is 4.34. The van der Waals surface area contributed by atoms with Gasteiger partial charge in [0.05, 0.1) is 0 Å². The number of hydrogen-bond donors (Lipinski definition) is 0. The van der Waals surface area contributed by atoms with Crippen LogP contribution in [0.4, 0.5) is 0 Å². The Morgan fingerprint density at radius 1 is 1.40 bits per heavy atom. The van der Waals surface area contributed by atoms with Crippen molar-refractivity contribution in [2.75, 3.05) is 0 Å². The third-order valence-electron chi connectivity index (χ3n) is 1.54. The zero-order chi connectivity index (χ0) is 7.98. The molecule has 0 N–H and O–H groups in total.